The van der Waals surface area contributed by atoms with E-state index in [0.29, 0.717) is 12.3 Å². The van der Waals surface area contributed by atoms with E-state index in [-0.39, 0.29) is 5.75 Å². The Bertz CT molecular complexity index is 290. The van der Waals surface area contributed by atoms with Crippen molar-refractivity contribution >= 4 is 10.0 Å². The van der Waals surface area contributed by atoms with E-state index < -0.39 is 23.0 Å². The summed E-state index contributed by atoms with van der Waals surface area (Å²) in [5.41, 5.74) is 0. The Morgan fingerprint density at radius 1 is 1.31 bits per heavy atom. The van der Waals surface area contributed by atoms with Crippen LogP contribution in [-0.2, 0) is 10.0 Å². The van der Waals surface area contributed by atoms with Crippen LogP contribution in [0, 0.1) is 5.92 Å². The first-order valence-corrected chi connectivity index (χ1v) is 7.11. The smallest absolute Gasteiger partial charge is 0.251 e. The minimum atomic E-state index is -3.53. The van der Waals surface area contributed by atoms with Crippen LogP contribution in [0.1, 0.15) is 19.3 Å². The molecular formula is C9H18F2N2O2S. The van der Waals surface area contributed by atoms with Gasteiger partial charge >= 0.3 is 0 Å². The van der Waals surface area contributed by atoms with Crippen molar-refractivity contribution in [3.8, 4) is 0 Å². The fourth-order valence-corrected chi connectivity index (χ4v) is 2.92. The van der Waals surface area contributed by atoms with Gasteiger partial charge in [-0.05, 0) is 38.3 Å². The summed E-state index contributed by atoms with van der Waals surface area (Å²) in [6.07, 6.45) is -0.150. The van der Waals surface area contributed by atoms with Crippen LogP contribution in [0.2, 0.25) is 0 Å². The molecule has 1 aliphatic heterocycles. The Labute approximate surface area is 94.8 Å². The van der Waals surface area contributed by atoms with Crippen LogP contribution in [0.3, 0.4) is 0 Å². The second kappa shape index (κ2) is 6.46. The predicted octanol–water partition coefficient (Wildman–Crippen LogP) is 0.561. The Kier molecular flexibility index (Phi) is 5.57. The molecule has 4 nitrogen and oxygen atoms in total. The molecule has 0 aliphatic carbocycles. The molecule has 1 saturated heterocycles. The number of rotatable bonds is 6. The first-order chi connectivity index (χ1) is 7.49. The third-order valence-electron chi connectivity index (χ3n) is 2.71. The Balaban J connectivity index is 2.24. The van der Waals surface area contributed by atoms with Crippen molar-refractivity contribution in [2.75, 3.05) is 25.4 Å². The van der Waals surface area contributed by atoms with Gasteiger partial charge < -0.3 is 5.32 Å². The molecule has 0 aromatic heterocycles. The molecule has 0 bridgehead atoms. The highest BCUT2D eigenvalue weighted by atomic mass is 32.2. The van der Waals surface area contributed by atoms with Crippen molar-refractivity contribution < 1.29 is 17.2 Å². The molecule has 1 aliphatic rings. The van der Waals surface area contributed by atoms with Crippen molar-refractivity contribution in [3.05, 3.63) is 0 Å². The van der Waals surface area contributed by atoms with Gasteiger partial charge in [0.2, 0.25) is 10.0 Å². The molecule has 0 aromatic carbocycles. The summed E-state index contributed by atoms with van der Waals surface area (Å²) in [4.78, 5) is 0. The molecule has 2 N–H and O–H groups in total. The largest absolute Gasteiger partial charge is 0.317 e. The SMILES string of the molecule is O=S(=O)(CCC1CCNCC1)NCC(F)F. The molecule has 7 heteroatoms. The van der Waals surface area contributed by atoms with E-state index in [2.05, 4.69) is 5.32 Å². The molecule has 0 amide bonds. The van der Waals surface area contributed by atoms with E-state index in [1.54, 1.807) is 0 Å². The van der Waals surface area contributed by atoms with Gasteiger partial charge in [-0.25, -0.2) is 21.9 Å². The molecule has 1 fully saturated rings. The lowest BCUT2D eigenvalue weighted by molar-refractivity contribution is 0.153. The maximum absolute atomic E-state index is 11.8. The lowest BCUT2D eigenvalue weighted by Crippen LogP contribution is -2.33. The summed E-state index contributed by atoms with van der Waals surface area (Å²) < 4.78 is 48.2. The standard InChI is InChI=1S/C9H18F2N2O2S/c10-9(11)7-13-16(14,15)6-3-8-1-4-12-5-2-8/h8-9,12-13H,1-7H2. The zero-order chi connectivity index (χ0) is 12.0. The number of alkyl halides is 2. The van der Waals surface area contributed by atoms with Crippen LogP contribution in [0.15, 0.2) is 0 Å². The van der Waals surface area contributed by atoms with Gasteiger partial charge in [-0.1, -0.05) is 0 Å². The van der Waals surface area contributed by atoms with Gasteiger partial charge in [0.15, 0.2) is 0 Å². The van der Waals surface area contributed by atoms with E-state index in [9.17, 15) is 17.2 Å². The van der Waals surface area contributed by atoms with Crippen molar-refractivity contribution in [1.82, 2.24) is 10.0 Å². The van der Waals surface area contributed by atoms with Crippen molar-refractivity contribution in [2.24, 2.45) is 5.92 Å². The van der Waals surface area contributed by atoms with E-state index in [4.69, 9.17) is 0 Å². The first kappa shape index (κ1) is 13.8. The Morgan fingerprint density at radius 2 is 1.94 bits per heavy atom. The molecule has 1 rings (SSSR count). The van der Waals surface area contributed by atoms with Crippen molar-refractivity contribution in [3.63, 3.8) is 0 Å². The van der Waals surface area contributed by atoms with Gasteiger partial charge in [0.25, 0.3) is 6.43 Å². The summed E-state index contributed by atoms with van der Waals surface area (Å²) in [7, 11) is -3.53. The number of piperidine rings is 1. The molecule has 0 radical (unpaired) electrons. The Hall–Kier alpha value is -0.270. The maximum atomic E-state index is 11.8. The van der Waals surface area contributed by atoms with Gasteiger partial charge in [-0.2, -0.15) is 0 Å². The third-order valence-corrected chi connectivity index (χ3v) is 4.09. The van der Waals surface area contributed by atoms with Crippen LogP contribution in [0.25, 0.3) is 0 Å². The average Bonchev–Trinajstić information content (AvgIpc) is 2.26. The number of halogens is 2. The molecule has 0 spiro atoms. The molecule has 16 heavy (non-hydrogen) atoms. The van der Waals surface area contributed by atoms with Crippen LogP contribution < -0.4 is 10.0 Å². The summed E-state index contributed by atoms with van der Waals surface area (Å²) in [6, 6.07) is 0. The van der Waals surface area contributed by atoms with E-state index in [0.717, 1.165) is 25.9 Å². The van der Waals surface area contributed by atoms with Crippen LogP contribution in [-0.4, -0.2) is 40.2 Å². The molecule has 0 saturated carbocycles. The third kappa shape index (κ3) is 5.72. The van der Waals surface area contributed by atoms with Crippen LogP contribution in [0.5, 0.6) is 0 Å². The minimum Gasteiger partial charge on any atom is -0.317 e. The van der Waals surface area contributed by atoms with Crippen molar-refractivity contribution in [2.45, 2.75) is 25.7 Å². The second-order valence-electron chi connectivity index (χ2n) is 4.04. The number of hydrogen-bond donors (Lipinski definition) is 2. The summed E-state index contributed by atoms with van der Waals surface area (Å²) in [5.74, 6) is 0.342. The fraction of sp³-hybridized carbons (Fsp3) is 1.00. The number of hydrogen-bond acceptors (Lipinski definition) is 3. The quantitative estimate of drug-likeness (QED) is 0.730. The normalized spacial score (nSPS) is 19.2. The van der Waals surface area contributed by atoms with Gasteiger partial charge in [0, 0.05) is 0 Å². The molecule has 0 aromatic rings. The lowest BCUT2D eigenvalue weighted by Gasteiger charge is -2.22. The van der Waals surface area contributed by atoms with Crippen molar-refractivity contribution in [1.29, 1.82) is 0 Å². The topological polar surface area (TPSA) is 58.2 Å². The maximum Gasteiger partial charge on any atom is 0.251 e. The van der Waals surface area contributed by atoms with E-state index >= 15 is 0 Å². The van der Waals surface area contributed by atoms with Gasteiger partial charge in [0.1, 0.15) is 0 Å². The lowest BCUT2D eigenvalue weighted by atomic mass is 9.96. The predicted molar refractivity (Wildman–Crippen MR) is 58.0 cm³/mol. The molecule has 0 atom stereocenters. The summed E-state index contributed by atoms with van der Waals surface area (Å²) in [5, 5.41) is 3.19. The number of nitrogens with one attached hydrogen (secondary N) is 2. The summed E-state index contributed by atoms with van der Waals surface area (Å²) >= 11 is 0. The average molecular weight is 256 g/mol. The fourth-order valence-electron chi connectivity index (χ4n) is 1.75. The van der Waals surface area contributed by atoms with Gasteiger partial charge in [-0.15, -0.1) is 0 Å². The van der Waals surface area contributed by atoms with Gasteiger partial charge in [-0.3, -0.25) is 0 Å². The van der Waals surface area contributed by atoms with E-state index in [1.807, 2.05) is 4.72 Å². The highest BCUT2D eigenvalue weighted by molar-refractivity contribution is 7.89. The minimum absolute atomic E-state index is 0.0512. The first-order valence-electron chi connectivity index (χ1n) is 5.46. The molecule has 1 heterocycles. The second-order valence-corrected chi connectivity index (χ2v) is 5.97. The Morgan fingerprint density at radius 3 is 2.50 bits per heavy atom. The molecule has 96 valence electrons. The zero-order valence-electron chi connectivity index (χ0n) is 9.09. The molecular weight excluding hydrogens is 238 g/mol. The molecule has 0 unspecified atom stereocenters. The zero-order valence-corrected chi connectivity index (χ0v) is 9.90. The van der Waals surface area contributed by atoms with Crippen LogP contribution >= 0.6 is 0 Å². The summed E-state index contributed by atoms with van der Waals surface area (Å²) in [6.45, 7) is 1.04. The number of sulfonamides is 1. The van der Waals surface area contributed by atoms with Crippen LogP contribution in [0.4, 0.5) is 8.78 Å². The highest BCUT2D eigenvalue weighted by Crippen LogP contribution is 2.16. The van der Waals surface area contributed by atoms with Gasteiger partial charge in [0.05, 0.1) is 12.3 Å². The van der Waals surface area contributed by atoms with E-state index in [1.165, 1.54) is 0 Å². The highest BCUT2D eigenvalue weighted by Gasteiger charge is 2.18. The monoisotopic (exact) mass is 256 g/mol.